The summed E-state index contributed by atoms with van der Waals surface area (Å²) in [6.07, 6.45) is 5.87. The molecule has 6 nitrogen and oxygen atoms in total. The average Bonchev–Trinajstić information content (AvgIpc) is 2.70. The molecule has 1 unspecified atom stereocenters. The Morgan fingerprint density at radius 3 is 2.37 bits per heavy atom. The highest BCUT2D eigenvalue weighted by Crippen LogP contribution is 2.24. The fourth-order valence-electron chi connectivity index (χ4n) is 2.61. The molecule has 1 amide bonds. The van der Waals surface area contributed by atoms with Crippen molar-refractivity contribution >= 4 is 11.7 Å². The minimum Gasteiger partial charge on any atom is -0.481 e. The van der Waals surface area contributed by atoms with Crippen molar-refractivity contribution < 1.29 is 13.9 Å². The van der Waals surface area contributed by atoms with E-state index in [4.69, 9.17) is 4.74 Å². The third-order valence-electron chi connectivity index (χ3n) is 4.39. The third-order valence-corrected chi connectivity index (χ3v) is 4.39. The van der Waals surface area contributed by atoms with E-state index in [0.717, 1.165) is 17.3 Å². The smallest absolute Gasteiger partial charge is 0.258 e. The molecule has 3 rings (SSSR count). The molecule has 0 saturated heterocycles. The van der Waals surface area contributed by atoms with Crippen LogP contribution in [0.1, 0.15) is 39.9 Å². The summed E-state index contributed by atoms with van der Waals surface area (Å²) in [4.78, 5) is 24.5. The van der Waals surface area contributed by atoms with Crippen LogP contribution in [0.25, 0.3) is 0 Å². The van der Waals surface area contributed by atoms with Crippen LogP contribution in [0.4, 0.5) is 10.2 Å². The first-order valence-corrected chi connectivity index (χ1v) is 8.37. The van der Waals surface area contributed by atoms with Gasteiger partial charge >= 0.3 is 0 Å². The molecule has 0 aliphatic rings. The maximum Gasteiger partial charge on any atom is 0.258 e. The molecule has 1 N–H and O–H groups in total. The number of hydrogen-bond donors (Lipinski definition) is 1. The molecule has 0 spiro atoms. The minimum absolute atomic E-state index is 0.0790. The van der Waals surface area contributed by atoms with Crippen molar-refractivity contribution in [1.82, 2.24) is 15.0 Å². The van der Waals surface area contributed by atoms with Gasteiger partial charge in [-0.2, -0.15) is 0 Å². The molecule has 3 heterocycles. The van der Waals surface area contributed by atoms with Crippen molar-refractivity contribution in [2.75, 3.05) is 12.4 Å². The number of ether oxygens (including phenoxy) is 1. The lowest BCUT2D eigenvalue weighted by Gasteiger charge is -2.13. The molecule has 7 heteroatoms. The zero-order chi connectivity index (χ0) is 19.4. The monoisotopic (exact) mass is 366 g/mol. The number of aromatic nitrogens is 3. The summed E-state index contributed by atoms with van der Waals surface area (Å²) in [6, 6.07) is 7.35. The van der Waals surface area contributed by atoms with Crippen molar-refractivity contribution in [3.05, 3.63) is 77.1 Å². The van der Waals surface area contributed by atoms with E-state index in [1.54, 1.807) is 25.6 Å². The first-order valence-electron chi connectivity index (χ1n) is 8.37. The normalized spacial score (nSPS) is 11.7. The van der Waals surface area contributed by atoms with E-state index in [-0.39, 0.29) is 17.0 Å². The molecule has 0 radical (unpaired) electrons. The Kier molecular flexibility index (Phi) is 5.40. The molecule has 0 aliphatic heterocycles. The summed E-state index contributed by atoms with van der Waals surface area (Å²) in [5.74, 6) is 0.0482. The molecule has 0 aliphatic carbocycles. The predicted octanol–water partition coefficient (Wildman–Crippen LogP) is 3.73. The number of rotatable bonds is 5. The Balaban J connectivity index is 1.72. The first kappa shape index (κ1) is 18.4. The van der Waals surface area contributed by atoms with Crippen LogP contribution in [-0.4, -0.2) is 28.0 Å². The summed E-state index contributed by atoms with van der Waals surface area (Å²) in [5, 5.41) is 2.66. The molecule has 27 heavy (non-hydrogen) atoms. The van der Waals surface area contributed by atoms with Gasteiger partial charge in [-0.05, 0) is 24.1 Å². The fourth-order valence-corrected chi connectivity index (χ4v) is 2.61. The Bertz CT molecular complexity index is 943. The summed E-state index contributed by atoms with van der Waals surface area (Å²) >= 11 is 0. The predicted molar refractivity (Wildman–Crippen MR) is 99.4 cm³/mol. The number of hydrogen-bond acceptors (Lipinski definition) is 5. The maximum atomic E-state index is 13.6. The van der Waals surface area contributed by atoms with Gasteiger partial charge in [0.2, 0.25) is 5.88 Å². The molecule has 1 atom stereocenters. The first-order chi connectivity index (χ1) is 13.0. The Morgan fingerprint density at radius 1 is 1.07 bits per heavy atom. The number of nitrogens with one attached hydrogen (secondary N) is 1. The summed E-state index contributed by atoms with van der Waals surface area (Å²) in [6.45, 7) is 3.58. The maximum absolute atomic E-state index is 13.6. The number of anilines is 1. The van der Waals surface area contributed by atoms with E-state index < -0.39 is 11.7 Å². The summed E-state index contributed by atoms with van der Waals surface area (Å²) in [5.41, 5.74) is 2.43. The SMILES string of the molecule is COc1ccc(C(C)c2ccc(NC(=O)c3cncc(F)c3C)nc2)cn1. The van der Waals surface area contributed by atoms with Crippen LogP contribution in [0.2, 0.25) is 0 Å². The van der Waals surface area contributed by atoms with Crippen LogP contribution in [0.3, 0.4) is 0 Å². The van der Waals surface area contributed by atoms with Crippen LogP contribution in [0.15, 0.2) is 49.1 Å². The molecule has 0 fully saturated rings. The van der Waals surface area contributed by atoms with Crippen LogP contribution < -0.4 is 10.1 Å². The van der Waals surface area contributed by atoms with Gasteiger partial charge in [0.1, 0.15) is 11.6 Å². The van der Waals surface area contributed by atoms with E-state index in [2.05, 4.69) is 20.3 Å². The molecular weight excluding hydrogens is 347 g/mol. The standard InChI is InChI=1S/C20H19FN4O2/c1-12(15-5-7-19(27-3)24-9-15)14-4-6-18(23-8-14)25-20(26)16-10-22-11-17(21)13(16)2/h4-12H,1-3H3,(H,23,25,26). The second kappa shape index (κ2) is 7.90. The van der Waals surface area contributed by atoms with Crippen molar-refractivity contribution in [3.8, 4) is 5.88 Å². The van der Waals surface area contributed by atoms with Gasteiger partial charge < -0.3 is 10.1 Å². The summed E-state index contributed by atoms with van der Waals surface area (Å²) in [7, 11) is 1.57. The number of halogens is 1. The molecule has 0 bridgehead atoms. The third kappa shape index (κ3) is 4.08. The van der Waals surface area contributed by atoms with E-state index in [0.29, 0.717) is 11.7 Å². The molecular formula is C20H19FN4O2. The molecule has 138 valence electrons. The van der Waals surface area contributed by atoms with Crippen LogP contribution >= 0.6 is 0 Å². The van der Waals surface area contributed by atoms with Crippen molar-refractivity contribution in [3.63, 3.8) is 0 Å². The second-order valence-electron chi connectivity index (χ2n) is 6.08. The van der Waals surface area contributed by atoms with Gasteiger partial charge in [-0.3, -0.25) is 9.78 Å². The highest BCUT2D eigenvalue weighted by Gasteiger charge is 2.14. The number of pyridine rings is 3. The lowest BCUT2D eigenvalue weighted by Crippen LogP contribution is -2.15. The number of nitrogens with zero attached hydrogens (tertiary/aromatic N) is 3. The lowest BCUT2D eigenvalue weighted by atomic mass is 9.96. The van der Waals surface area contributed by atoms with Gasteiger partial charge in [0, 0.05) is 36.1 Å². The Labute approximate surface area is 156 Å². The highest BCUT2D eigenvalue weighted by atomic mass is 19.1. The quantitative estimate of drug-likeness (QED) is 0.744. The van der Waals surface area contributed by atoms with Gasteiger partial charge in [0.25, 0.3) is 5.91 Å². The highest BCUT2D eigenvalue weighted by molar-refractivity contribution is 6.04. The number of carbonyl (C=O) groups is 1. The van der Waals surface area contributed by atoms with Crippen LogP contribution in [0, 0.1) is 12.7 Å². The van der Waals surface area contributed by atoms with Crippen molar-refractivity contribution in [1.29, 1.82) is 0 Å². The van der Waals surface area contributed by atoms with E-state index in [1.807, 2.05) is 25.1 Å². The lowest BCUT2D eigenvalue weighted by molar-refractivity contribution is 0.102. The number of amides is 1. The topological polar surface area (TPSA) is 77.0 Å². The molecule has 3 aromatic rings. The van der Waals surface area contributed by atoms with Crippen molar-refractivity contribution in [2.45, 2.75) is 19.8 Å². The molecule has 0 saturated carbocycles. The van der Waals surface area contributed by atoms with E-state index >= 15 is 0 Å². The second-order valence-corrected chi connectivity index (χ2v) is 6.08. The average molecular weight is 366 g/mol. The van der Waals surface area contributed by atoms with Gasteiger partial charge in [-0.1, -0.05) is 19.1 Å². The van der Waals surface area contributed by atoms with Gasteiger partial charge in [-0.25, -0.2) is 14.4 Å². The van der Waals surface area contributed by atoms with Gasteiger partial charge in [0.15, 0.2) is 0 Å². The van der Waals surface area contributed by atoms with Crippen LogP contribution in [-0.2, 0) is 0 Å². The van der Waals surface area contributed by atoms with Crippen LogP contribution in [0.5, 0.6) is 5.88 Å². The zero-order valence-electron chi connectivity index (χ0n) is 15.2. The largest absolute Gasteiger partial charge is 0.481 e. The van der Waals surface area contributed by atoms with Crippen molar-refractivity contribution in [2.24, 2.45) is 0 Å². The van der Waals surface area contributed by atoms with E-state index in [9.17, 15) is 9.18 Å². The number of carbonyl (C=O) groups excluding carboxylic acids is 1. The molecule has 3 aromatic heterocycles. The Hall–Kier alpha value is -3.35. The minimum atomic E-state index is -0.520. The zero-order valence-corrected chi connectivity index (χ0v) is 15.2. The Morgan fingerprint density at radius 2 is 1.78 bits per heavy atom. The fraction of sp³-hybridized carbons (Fsp3) is 0.200. The van der Waals surface area contributed by atoms with Gasteiger partial charge in [-0.15, -0.1) is 0 Å². The summed E-state index contributed by atoms with van der Waals surface area (Å²) < 4.78 is 18.6. The van der Waals surface area contributed by atoms with Gasteiger partial charge in [0.05, 0.1) is 18.9 Å². The molecule has 0 aromatic carbocycles. The number of methoxy groups -OCH3 is 1. The van der Waals surface area contributed by atoms with E-state index in [1.165, 1.54) is 13.1 Å².